The molecule has 60 valence electrons. The fourth-order valence-electron chi connectivity index (χ4n) is 0.715. The van der Waals surface area contributed by atoms with Gasteiger partial charge in [-0.3, -0.25) is 0 Å². The molecule has 0 fully saturated rings. The Morgan fingerprint density at radius 1 is 1.09 bits per heavy atom. The Hall–Kier alpha value is -1.58. The normalized spacial score (nSPS) is 9.55. The standard InChI is InChI=1S/C7H8O4/c1-11-5-3-2-4(8)6(9)7(5)10/h2-3,8-10H,1H3. The zero-order valence-electron chi connectivity index (χ0n) is 5.90. The number of hydrogen-bond donors (Lipinski definition) is 3. The minimum atomic E-state index is -0.565. The van der Waals surface area contributed by atoms with Gasteiger partial charge in [0.25, 0.3) is 0 Å². The Morgan fingerprint density at radius 2 is 1.73 bits per heavy atom. The molecule has 0 amide bonds. The van der Waals surface area contributed by atoms with Gasteiger partial charge >= 0.3 is 0 Å². The first kappa shape index (κ1) is 7.53. The summed E-state index contributed by atoms with van der Waals surface area (Å²) >= 11 is 0. The van der Waals surface area contributed by atoms with Gasteiger partial charge in [0.2, 0.25) is 11.5 Å². The van der Waals surface area contributed by atoms with Crippen molar-refractivity contribution < 1.29 is 20.1 Å². The largest absolute Gasteiger partial charge is 0.504 e. The van der Waals surface area contributed by atoms with Gasteiger partial charge in [0.1, 0.15) is 0 Å². The maximum atomic E-state index is 9.04. The van der Waals surface area contributed by atoms with Crippen LogP contribution in [0, 0.1) is 0 Å². The monoisotopic (exact) mass is 156 g/mol. The Morgan fingerprint density at radius 3 is 2.27 bits per heavy atom. The van der Waals surface area contributed by atoms with E-state index in [1.54, 1.807) is 0 Å². The summed E-state index contributed by atoms with van der Waals surface area (Å²) in [4.78, 5) is 0. The molecule has 0 spiro atoms. The van der Waals surface area contributed by atoms with E-state index in [0.29, 0.717) is 0 Å². The Labute approximate surface area is 63.3 Å². The summed E-state index contributed by atoms with van der Waals surface area (Å²) in [5.41, 5.74) is 0. The molecule has 0 saturated heterocycles. The van der Waals surface area contributed by atoms with E-state index in [-0.39, 0.29) is 11.5 Å². The SMILES string of the molecule is COc1ccc(O)c(O)c1O. The van der Waals surface area contributed by atoms with Crippen LogP contribution in [0.25, 0.3) is 0 Å². The van der Waals surface area contributed by atoms with Crippen LogP contribution in [-0.2, 0) is 0 Å². The van der Waals surface area contributed by atoms with Crippen molar-refractivity contribution in [1.82, 2.24) is 0 Å². The van der Waals surface area contributed by atoms with Crippen LogP contribution in [0.2, 0.25) is 0 Å². The van der Waals surface area contributed by atoms with Crippen LogP contribution in [0.15, 0.2) is 12.1 Å². The van der Waals surface area contributed by atoms with Crippen LogP contribution in [0.1, 0.15) is 0 Å². The molecule has 0 aliphatic carbocycles. The number of rotatable bonds is 1. The van der Waals surface area contributed by atoms with E-state index < -0.39 is 11.5 Å². The molecule has 1 aromatic rings. The number of ether oxygens (including phenoxy) is 1. The van der Waals surface area contributed by atoms with E-state index in [4.69, 9.17) is 15.3 Å². The first-order valence-corrected chi connectivity index (χ1v) is 2.94. The highest BCUT2D eigenvalue weighted by Crippen LogP contribution is 2.41. The van der Waals surface area contributed by atoms with Crippen molar-refractivity contribution in [3.05, 3.63) is 12.1 Å². The third-order valence-corrected chi connectivity index (χ3v) is 1.31. The summed E-state index contributed by atoms with van der Waals surface area (Å²) in [6.45, 7) is 0. The van der Waals surface area contributed by atoms with Gasteiger partial charge in [-0.15, -0.1) is 0 Å². The fraction of sp³-hybridized carbons (Fsp3) is 0.143. The third kappa shape index (κ3) is 1.14. The van der Waals surface area contributed by atoms with Crippen LogP contribution in [0.5, 0.6) is 23.0 Å². The summed E-state index contributed by atoms with van der Waals surface area (Å²) in [7, 11) is 1.35. The smallest absolute Gasteiger partial charge is 0.204 e. The summed E-state index contributed by atoms with van der Waals surface area (Å²) in [5.74, 6) is -1.26. The molecule has 0 atom stereocenters. The predicted molar refractivity (Wildman–Crippen MR) is 38.0 cm³/mol. The van der Waals surface area contributed by atoms with Crippen molar-refractivity contribution in [2.24, 2.45) is 0 Å². The highest BCUT2D eigenvalue weighted by molar-refractivity contribution is 5.56. The third-order valence-electron chi connectivity index (χ3n) is 1.31. The number of hydrogen-bond acceptors (Lipinski definition) is 4. The lowest BCUT2D eigenvalue weighted by Gasteiger charge is -2.04. The average Bonchev–Trinajstić information content (AvgIpc) is 2.01. The maximum absolute atomic E-state index is 9.04. The second kappa shape index (κ2) is 2.57. The van der Waals surface area contributed by atoms with E-state index in [2.05, 4.69) is 4.74 Å². The molecular formula is C7H8O4. The number of benzene rings is 1. The van der Waals surface area contributed by atoms with Crippen LogP contribution in [0.4, 0.5) is 0 Å². The average molecular weight is 156 g/mol. The van der Waals surface area contributed by atoms with E-state index in [1.165, 1.54) is 19.2 Å². The minimum absolute atomic E-state index is 0.125. The lowest BCUT2D eigenvalue weighted by molar-refractivity contribution is 0.335. The topological polar surface area (TPSA) is 69.9 Å². The number of phenols is 3. The fourth-order valence-corrected chi connectivity index (χ4v) is 0.715. The molecule has 0 radical (unpaired) electrons. The zero-order chi connectivity index (χ0) is 8.43. The van der Waals surface area contributed by atoms with Gasteiger partial charge in [-0.2, -0.15) is 0 Å². The highest BCUT2D eigenvalue weighted by Gasteiger charge is 2.10. The van der Waals surface area contributed by atoms with Crippen molar-refractivity contribution in [1.29, 1.82) is 0 Å². The van der Waals surface area contributed by atoms with Crippen molar-refractivity contribution >= 4 is 0 Å². The summed E-state index contributed by atoms with van der Waals surface area (Å²) in [6.07, 6.45) is 0. The van der Waals surface area contributed by atoms with E-state index in [1.807, 2.05) is 0 Å². The Balaban J connectivity index is 3.25. The van der Waals surface area contributed by atoms with Gasteiger partial charge in [0.05, 0.1) is 7.11 Å². The molecule has 0 heterocycles. The summed E-state index contributed by atoms with van der Waals surface area (Å²) < 4.78 is 4.66. The lowest BCUT2D eigenvalue weighted by atomic mass is 10.3. The Bertz CT molecular complexity index is 269. The van der Waals surface area contributed by atoms with Crippen molar-refractivity contribution in [2.45, 2.75) is 0 Å². The van der Waals surface area contributed by atoms with Crippen molar-refractivity contribution in [3.63, 3.8) is 0 Å². The van der Waals surface area contributed by atoms with Gasteiger partial charge in [0.15, 0.2) is 11.5 Å². The predicted octanol–water partition coefficient (Wildman–Crippen LogP) is 0.812. The molecule has 0 aliphatic rings. The first-order valence-electron chi connectivity index (χ1n) is 2.94. The van der Waals surface area contributed by atoms with E-state index in [0.717, 1.165) is 0 Å². The minimum Gasteiger partial charge on any atom is -0.504 e. The van der Waals surface area contributed by atoms with Crippen molar-refractivity contribution in [2.75, 3.05) is 7.11 Å². The molecule has 4 heteroatoms. The summed E-state index contributed by atoms with van der Waals surface area (Å²) in [6, 6.07) is 2.58. The van der Waals surface area contributed by atoms with Crippen molar-refractivity contribution in [3.8, 4) is 23.0 Å². The van der Waals surface area contributed by atoms with Crippen LogP contribution in [0.3, 0.4) is 0 Å². The molecular weight excluding hydrogens is 148 g/mol. The van der Waals surface area contributed by atoms with Gasteiger partial charge in [0, 0.05) is 0 Å². The van der Waals surface area contributed by atoms with Gasteiger partial charge in [-0.25, -0.2) is 0 Å². The van der Waals surface area contributed by atoms with Crippen LogP contribution < -0.4 is 4.74 Å². The molecule has 0 aliphatic heterocycles. The molecule has 0 aromatic heterocycles. The number of aromatic hydroxyl groups is 3. The van der Waals surface area contributed by atoms with E-state index >= 15 is 0 Å². The number of methoxy groups -OCH3 is 1. The molecule has 1 aromatic carbocycles. The second-order valence-electron chi connectivity index (χ2n) is 1.98. The van der Waals surface area contributed by atoms with Gasteiger partial charge in [-0.05, 0) is 12.1 Å². The first-order chi connectivity index (χ1) is 5.16. The van der Waals surface area contributed by atoms with Crippen LogP contribution in [-0.4, -0.2) is 22.4 Å². The zero-order valence-corrected chi connectivity index (χ0v) is 5.90. The molecule has 0 saturated carbocycles. The van der Waals surface area contributed by atoms with Crippen LogP contribution >= 0.6 is 0 Å². The second-order valence-corrected chi connectivity index (χ2v) is 1.98. The number of phenolic OH excluding ortho intramolecular Hbond substituents is 3. The molecule has 1 rings (SSSR count). The molecule has 4 nitrogen and oxygen atoms in total. The molecule has 11 heavy (non-hydrogen) atoms. The molecule has 3 N–H and O–H groups in total. The van der Waals surface area contributed by atoms with Gasteiger partial charge in [-0.1, -0.05) is 0 Å². The maximum Gasteiger partial charge on any atom is 0.204 e. The van der Waals surface area contributed by atoms with E-state index in [9.17, 15) is 0 Å². The quantitative estimate of drug-likeness (QED) is 0.526. The molecule has 0 unspecified atom stereocenters. The van der Waals surface area contributed by atoms with Gasteiger partial charge < -0.3 is 20.1 Å². The summed E-state index contributed by atoms with van der Waals surface area (Å²) in [5, 5.41) is 26.8. The highest BCUT2D eigenvalue weighted by atomic mass is 16.5. The molecule has 0 bridgehead atoms. The Kier molecular flexibility index (Phi) is 1.76. The lowest BCUT2D eigenvalue weighted by Crippen LogP contribution is -1.83.